The largest absolute Gasteiger partial charge is 0.469 e. The van der Waals surface area contributed by atoms with E-state index in [1.807, 2.05) is 0 Å². The molecule has 0 unspecified atom stereocenters. The molecule has 1 aromatic carbocycles. The molecule has 106 valence electrons. The van der Waals surface area contributed by atoms with Crippen molar-refractivity contribution in [2.75, 3.05) is 5.32 Å². The van der Waals surface area contributed by atoms with Gasteiger partial charge in [-0.15, -0.1) is 3.89 Å². The monoisotopic (exact) mass is 297 g/mol. The highest BCUT2D eigenvalue weighted by molar-refractivity contribution is 7.86. The summed E-state index contributed by atoms with van der Waals surface area (Å²) < 4.78 is 40.0. The number of aryl methyl sites for hydroxylation is 1. The van der Waals surface area contributed by atoms with E-state index in [0.29, 0.717) is 12.2 Å². The van der Waals surface area contributed by atoms with Gasteiger partial charge in [-0.2, -0.15) is 8.42 Å². The van der Waals surface area contributed by atoms with E-state index in [0.717, 1.165) is 6.07 Å². The van der Waals surface area contributed by atoms with Gasteiger partial charge in [0, 0.05) is 12.8 Å². The minimum Gasteiger partial charge on any atom is -0.469 e. The SMILES string of the molecule is O=C(CCc1ccco1)Nc1ccccc1S(=O)(=O)F. The maximum atomic E-state index is 13.0. The van der Waals surface area contributed by atoms with Crippen molar-refractivity contribution in [2.45, 2.75) is 17.7 Å². The van der Waals surface area contributed by atoms with E-state index < -0.39 is 21.0 Å². The predicted molar refractivity (Wildman–Crippen MR) is 70.4 cm³/mol. The number of para-hydroxylation sites is 1. The lowest BCUT2D eigenvalue weighted by molar-refractivity contribution is -0.116. The van der Waals surface area contributed by atoms with Crippen molar-refractivity contribution in [3.05, 3.63) is 48.4 Å². The molecule has 0 radical (unpaired) electrons. The maximum Gasteiger partial charge on any atom is 0.334 e. The van der Waals surface area contributed by atoms with Gasteiger partial charge < -0.3 is 9.73 Å². The molecule has 1 N–H and O–H groups in total. The number of furan rings is 1. The second-order valence-corrected chi connectivity index (χ2v) is 5.38. The Morgan fingerprint density at radius 2 is 1.95 bits per heavy atom. The first kappa shape index (κ1) is 14.3. The fourth-order valence-electron chi connectivity index (χ4n) is 1.69. The van der Waals surface area contributed by atoms with Crippen molar-refractivity contribution in [3.63, 3.8) is 0 Å². The highest BCUT2D eigenvalue weighted by Gasteiger charge is 2.18. The van der Waals surface area contributed by atoms with Gasteiger partial charge in [-0.3, -0.25) is 4.79 Å². The Morgan fingerprint density at radius 1 is 1.20 bits per heavy atom. The second kappa shape index (κ2) is 5.87. The van der Waals surface area contributed by atoms with E-state index in [2.05, 4.69) is 5.32 Å². The van der Waals surface area contributed by atoms with E-state index in [-0.39, 0.29) is 12.1 Å². The smallest absolute Gasteiger partial charge is 0.334 e. The zero-order chi connectivity index (χ0) is 14.6. The Labute approximate surface area is 115 Å². The van der Waals surface area contributed by atoms with Crippen LogP contribution < -0.4 is 5.32 Å². The predicted octanol–water partition coefficient (Wildman–Crippen LogP) is 2.51. The van der Waals surface area contributed by atoms with Gasteiger partial charge in [0.2, 0.25) is 5.91 Å². The van der Waals surface area contributed by atoms with Gasteiger partial charge in [0.25, 0.3) is 0 Å². The summed E-state index contributed by atoms with van der Waals surface area (Å²) in [6.45, 7) is 0. The number of carbonyl (C=O) groups excluding carboxylic acids is 1. The average molecular weight is 297 g/mol. The Morgan fingerprint density at radius 3 is 2.60 bits per heavy atom. The molecule has 0 aliphatic heterocycles. The molecule has 0 saturated heterocycles. The van der Waals surface area contributed by atoms with E-state index >= 15 is 0 Å². The molecular weight excluding hydrogens is 285 g/mol. The summed E-state index contributed by atoms with van der Waals surface area (Å²) in [4.78, 5) is 11.2. The molecule has 2 aromatic rings. The summed E-state index contributed by atoms with van der Waals surface area (Å²) in [5, 5.41) is 2.38. The van der Waals surface area contributed by atoms with Crippen LogP contribution in [0.1, 0.15) is 12.2 Å². The van der Waals surface area contributed by atoms with Crippen molar-refractivity contribution >= 4 is 21.8 Å². The molecule has 0 bridgehead atoms. The zero-order valence-electron chi connectivity index (χ0n) is 10.4. The van der Waals surface area contributed by atoms with Gasteiger partial charge in [-0.25, -0.2) is 0 Å². The number of hydrogen-bond acceptors (Lipinski definition) is 4. The summed E-state index contributed by atoms with van der Waals surface area (Å²) >= 11 is 0. The van der Waals surface area contributed by atoms with Gasteiger partial charge in [-0.1, -0.05) is 12.1 Å². The minimum atomic E-state index is -4.87. The van der Waals surface area contributed by atoms with Crippen LogP contribution in [0.4, 0.5) is 9.57 Å². The number of nitrogens with one attached hydrogen (secondary N) is 1. The number of amides is 1. The molecule has 0 aliphatic carbocycles. The number of halogens is 1. The summed E-state index contributed by atoms with van der Waals surface area (Å²) in [6.07, 6.45) is 1.98. The molecule has 1 heterocycles. The summed E-state index contributed by atoms with van der Waals surface area (Å²) in [6, 6.07) is 8.75. The Balaban J connectivity index is 2.05. The van der Waals surface area contributed by atoms with Gasteiger partial charge in [0.05, 0.1) is 12.0 Å². The first-order valence-electron chi connectivity index (χ1n) is 5.83. The number of rotatable bonds is 5. The Bertz CT molecular complexity index is 695. The van der Waals surface area contributed by atoms with Crippen LogP contribution in [0, 0.1) is 0 Å². The van der Waals surface area contributed by atoms with Gasteiger partial charge >= 0.3 is 10.2 Å². The molecule has 5 nitrogen and oxygen atoms in total. The highest BCUT2D eigenvalue weighted by Crippen LogP contribution is 2.22. The molecule has 20 heavy (non-hydrogen) atoms. The van der Waals surface area contributed by atoms with Crippen molar-refractivity contribution < 1.29 is 21.5 Å². The van der Waals surface area contributed by atoms with E-state index in [1.165, 1.54) is 24.5 Å². The average Bonchev–Trinajstić information content (AvgIpc) is 2.89. The molecule has 0 aliphatic rings. The third-order valence-corrected chi connectivity index (χ3v) is 3.48. The standard InChI is InChI=1S/C13H12FNO4S/c14-20(17,18)12-6-2-1-5-11(12)15-13(16)8-7-10-4-3-9-19-10/h1-6,9H,7-8H2,(H,15,16). The molecule has 0 fully saturated rings. The van der Waals surface area contributed by atoms with Crippen molar-refractivity contribution in [3.8, 4) is 0 Å². The molecule has 2 rings (SSSR count). The topological polar surface area (TPSA) is 76.4 Å². The van der Waals surface area contributed by atoms with Crippen molar-refractivity contribution in [1.29, 1.82) is 0 Å². The minimum absolute atomic E-state index is 0.0700. The quantitative estimate of drug-likeness (QED) is 0.860. The van der Waals surface area contributed by atoms with E-state index in [4.69, 9.17) is 4.42 Å². The van der Waals surface area contributed by atoms with Crippen LogP contribution >= 0.6 is 0 Å². The summed E-state index contributed by atoms with van der Waals surface area (Å²) in [5.41, 5.74) is -0.0700. The molecule has 1 aromatic heterocycles. The van der Waals surface area contributed by atoms with Crippen LogP contribution in [0.15, 0.2) is 52.0 Å². The molecule has 1 amide bonds. The fraction of sp³-hybridized carbons (Fsp3) is 0.154. The maximum absolute atomic E-state index is 13.0. The first-order chi connectivity index (χ1) is 9.47. The Kier molecular flexibility index (Phi) is 4.19. The zero-order valence-corrected chi connectivity index (χ0v) is 11.2. The van der Waals surface area contributed by atoms with E-state index in [1.54, 1.807) is 12.1 Å². The van der Waals surface area contributed by atoms with E-state index in [9.17, 15) is 17.1 Å². The molecular formula is C13H12FNO4S. The van der Waals surface area contributed by atoms with Gasteiger partial charge in [0.1, 0.15) is 10.7 Å². The van der Waals surface area contributed by atoms with Crippen LogP contribution in [-0.4, -0.2) is 14.3 Å². The van der Waals surface area contributed by atoms with Crippen LogP contribution in [0.25, 0.3) is 0 Å². The molecule has 0 saturated carbocycles. The van der Waals surface area contributed by atoms with Crippen LogP contribution in [0.5, 0.6) is 0 Å². The Hall–Kier alpha value is -2.15. The third-order valence-electron chi connectivity index (χ3n) is 2.60. The third kappa shape index (κ3) is 3.67. The normalized spacial score (nSPS) is 11.2. The number of hydrogen-bond donors (Lipinski definition) is 1. The number of anilines is 1. The van der Waals surface area contributed by atoms with Crippen molar-refractivity contribution in [1.82, 2.24) is 0 Å². The first-order valence-corrected chi connectivity index (χ1v) is 7.21. The fourth-order valence-corrected chi connectivity index (χ4v) is 2.31. The van der Waals surface area contributed by atoms with Crippen molar-refractivity contribution in [2.24, 2.45) is 0 Å². The van der Waals surface area contributed by atoms with Crippen LogP contribution in [-0.2, 0) is 21.4 Å². The molecule has 7 heteroatoms. The highest BCUT2D eigenvalue weighted by atomic mass is 32.3. The number of carbonyl (C=O) groups is 1. The van der Waals surface area contributed by atoms with Gasteiger partial charge in [-0.05, 0) is 24.3 Å². The molecule has 0 atom stereocenters. The summed E-state index contributed by atoms with van der Waals surface area (Å²) in [7, 11) is -4.87. The number of benzene rings is 1. The second-order valence-electron chi connectivity index (χ2n) is 4.06. The lowest BCUT2D eigenvalue weighted by atomic mass is 10.2. The van der Waals surface area contributed by atoms with Crippen LogP contribution in [0.2, 0.25) is 0 Å². The lowest BCUT2D eigenvalue weighted by Gasteiger charge is -2.07. The van der Waals surface area contributed by atoms with Gasteiger partial charge in [0.15, 0.2) is 0 Å². The summed E-state index contributed by atoms with van der Waals surface area (Å²) in [5.74, 6) is 0.226. The van der Waals surface area contributed by atoms with Crippen LogP contribution in [0.3, 0.4) is 0 Å². The molecule has 0 spiro atoms. The lowest BCUT2D eigenvalue weighted by Crippen LogP contribution is -2.14.